The number of anilines is 2. The van der Waals surface area contributed by atoms with Crippen molar-refractivity contribution in [1.29, 1.82) is 0 Å². The Hall–Kier alpha value is -3.35. The molecule has 1 aliphatic rings. The molecule has 0 saturated carbocycles. The predicted octanol–water partition coefficient (Wildman–Crippen LogP) is 2.87. The van der Waals surface area contributed by atoms with Gasteiger partial charge < -0.3 is 19.9 Å². The first-order chi connectivity index (χ1) is 13.0. The fourth-order valence-electron chi connectivity index (χ4n) is 3.35. The van der Waals surface area contributed by atoms with Crippen LogP contribution in [0.15, 0.2) is 42.5 Å². The van der Waals surface area contributed by atoms with Crippen LogP contribution in [0.2, 0.25) is 0 Å². The zero-order valence-electron chi connectivity index (χ0n) is 15.2. The van der Waals surface area contributed by atoms with Crippen LogP contribution >= 0.6 is 0 Å². The number of nitrogens with one attached hydrogen (secondary N) is 2. The third kappa shape index (κ3) is 3.36. The van der Waals surface area contributed by atoms with E-state index < -0.39 is 0 Å². The van der Waals surface area contributed by atoms with Gasteiger partial charge >= 0.3 is 0 Å². The summed E-state index contributed by atoms with van der Waals surface area (Å²) < 4.78 is 5.14. The molecular formula is C20H20N4O3. The normalized spacial score (nSPS) is 16.7. The van der Waals surface area contributed by atoms with Gasteiger partial charge in [0.25, 0.3) is 0 Å². The number of H-pyrrole nitrogens is 1. The highest BCUT2D eigenvalue weighted by molar-refractivity contribution is 6.04. The van der Waals surface area contributed by atoms with Crippen molar-refractivity contribution in [3.05, 3.63) is 48.3 Å². The second kappa shape index (κ2) is 6.75. The number of carbonyl (C=O) groups excluding carboxylic acids is 2. The Bertz CT molecular complexity index is 1010. The Morgan fingerprint density at radius 2 is 2.04 bits per heavy atom. The molecule has 2 N–H and O–H groups in total. The number of nitrogens with zero attached hydrogens (tertiary/aromatic N) is 2. The Morgan fingerprint density at radius 1 is 1.26 bits per heavy atom. The molecule has 0 spiro atoms. The largest absolute Gasteiger partial charge is 0.497 e. The van der Waals surface area contributed by atoms with E-state index in [4.69, 9.17) is 4.74 Å². The topological polar surface area (TPSA) is 87.3 Å². The van der Waals surface area contributed by atoms with Gasteiger partial charge in [0.2, 0.25) is 11.8 Å². The van der Waals surface area contributed by atoms with Crippen molar-refractivity contribution in [3.8, 4) is 5.75 Å². The second-order valence-corrected chi connectivity index (χ2v) is 6.65. The highest BCUT2D eigenvalue weighted by atomic mass is 16.5. The molecule has 7 heteroatoms. The number of hydrogen-bond acceptors (Lipinski definition) is 4. The van der Waals surface area contributed by atoms with E-state index in [0.717, 1.165) is 28.3 Å². The molecule has 1 fully saturated rings. The van der Waals surface area contributed by atoms with Gasteiger partial charge in [0.1, 0.15) is 11.6 Å². The van der Waals surface area contributed by atoms with Gasteiger partial charge in [0.15, 0.2) is 0 Å². The molecule has 2 heterocycles. The number of rotatable bonds is 4. The fourth-order valence-corrected chi connectivity index (χ4v) is 3.35. The quantitative estimate of drug-likeness (QED) is 0.745. The first-order valence-corrected chi connectivity index (χ1v) is 8.75. The van der Waals surface area contributed by atoms with E-state index in [0.29, 0.717) is 12.2 Å². The lowest BCUT2D eigenvalue weighted by Gasteiger charge is -2.17. The molecule has 3 aromatic rings. The molecule has 1 saturated heterocycles. The van der Waals surface area contributed by atoms with E-state index in [9.17, 15) is 9.59 Å². The third-order valence-corrected chi connectivity index (χ3v) is 4.75. The van der Waals surface area contributed by atoms with E-state index in [1.165, 1.54) is 0 Å². The van der Waals surface area contributed by atoms with Crippen LogP contribution in [0.3, 0.4) is 0 Å². The number of aromatic amines is 1. The zero-order valence-corrected chi connectivity index (χ0v) is 15.2. The van der Waals surface area contributed by atoms with E-state index >= 15 is 0 Å². The average molecular weight is 364 g/mol. The number of amides is 2. The number of aryl methyl sites for hydroxylation is 1. The summed E-state index contributed by atoms with van der Waals surface area (Å²) >= 11 is 0. The molecule has 0 unspecified atom stereocenters. The molecule has 0 bridgehead atoms. The lowest BCUT2D eigenvalue weighted by atomic mass is 10.1. The molecular weight excluding hydrogens is 344 g/mol. The number of ether oxygens (including phenoxy) is 1. The van der Waals surface area contributed by atoms with Crippen LogP contribution in [0, 0.1) is 12.8 Å². The van der Waals surface area contributed by atoms with E-state index in [2.05, 4.69) is 15.3 Å². The van der Waals surface area contributed by atoms with Crippen LogP contribution in [0.4, 0.5) is 11.4 Å². The number of aromatic nitrogens is 2. The molecule has 0 aliphatic carbocycles. The first kappa shape index (κ1) is 17.1. The maximum atomic E-state index is 12.6. The van der Waals surface area contributed by atoms with Gasteiger partial charge in [-0.15, -0.1) is 0 Å². The van der Waals surface area contributed by atoms with Crippen molar-refractivity contribution >= 4 is 34.2 Å². The minimum Gasteiger partial charge on any atom is -0.497 e. The summed E-state index contributed by atoms with van der Waals surface area (Å²) in [5.74, 6) is 0.947. The number of methoxy groups -OCH3 is 1. The lowest BCUT2D eigenvalue weighted by molar-refractivity contribution is -0.122. The molecule has 27 heavy (non-hydrogen) atoms. The molecule has 1 aromatic heterocycles. The molecule has 7 nitrogen and oxygen atoms in total. The van der Waals surface area contributed by atoms with Crippen molar-refractivity contribution in [1.82, 2.24) is 9.97 Å². The van der Waals surface area contributed by atoms with Gasteiger partial charge in [0, 0.05) is 24.3 Å². The molecule has 2 aromatic carbocycles. The summed E-state index contributed by atoms with van der Waals surface area (Å²) in [6.45, 7) is 2.25. The summed E-state index contributed by atoms with van der Waals surface area (Å²) in [6.07, 6.45) is 0.198. The Kier molecular flexibility index (Phi) is 4.27. The van der Waals surface area contributed by atoms with Crippen molar-refractivity contribution in [2.24, 2.45) is 5.92 Å². The van der Waals surface area contributed by atoms with Gasteiger partial charge in [-0.25, -0.2) is 4.98 Å². The summed E-state index contributed by atoms with van der Waals surface area (Å²) in [7, 11) is 1.60. The smallest absolute Gasteiger partial charge is 0.229 e. The van der Waals surface area contributed by atoms with E-state index in [1.54, 1.807) is 24.1 Å². The minimum absolute atomic E-state index is 0.0556. The third-order valence-electron chi connectivity index (χ3n) is 4.75. The first-order valence-electron chi connectivity index (χ1n) is 8.75. The SMILES string of the molecule is COc1ccc(N2C[C@@H](C(=O)Nc3ccc4nc(C)[nH]c4c3)CC2=O)cc1. The van der Waals surface area contributed by atoms with Crippen LogP contribution in [0.5, 0.6) is 5.75 Å². The molecule has 2 amide bonds. The van der Waals surface area contributed by atoms with Crippen LogP contribution < -0.4 is 15.0 Å². The number of carbonyl (C=O) groups is 2. The number of benzene rings is 2. The molecule has 0 radical (unpaired) electrons. The maximum Gasteiger partial charge on any atom is 0.229 e. The van der Waals surface area contributed by atoms with Gasteiger partial charge in [-0.1, -0.05) is 0 Å². The average Bonchev–Trinajstić information content (AvgIpc) is 3.23. The molecule has 1 atom stereocenters. The van der Waals surface area contributed by atoms with Crippen molar-refractivity contribution in [3.63, 3.8) is 0 Å². The zero-order chi connectivity index (χ0) is 19.0. The van der Waals surface area contributed by atoms with Crippen LogP contribution in [-0.4, -0.2) is 35.4 Å². The van der Waals surface area contributed by atoms with Crippen LogP contribution in [0.25, 0.3) is 11.0 Å². The van der Waals surface area contributed by atoms with Gasteiger partial charge in [-0.2, -0.15) is 0 Å². The Labute approximate surface area is 156 Å². The Balaban J connectivity index is 1.46. The number of fused-ring (bicyclic) bond motifs is 1. The lowest BCUT2D eigenvalue weighted by Crippen LogP contribution is -2.28. The standard InChI is InChI=1S/C20H20N4O3/c1-12-21-17-8-3-14(10-18(17)22-12)23-20(26)13-9-19(25)24(11-13)15-4-6-16(27-2)7-5-15/h3-8,10,13H,9,11H2,1-2H3,(H,21,22)(H,23,26)/t13-/m0/s1. The number of hydrogen-bond donors (Lipinski definition) is 2. The monoisotopic (exact) mass is 364 g/mol. The maximum absolute atomic E-state index is 12.6. The molecule has 4 rings (SSSR count). The highest BCUT2D eigenvalue weighted by Gasteiger charge is 2.35. The van der Waals surface area contributed by atoms with E-state index in [1.807, 2.05) is 37.3 Å². The summed E-state index contributed by atoms with van der Waals surface area (Å²) in [6, 6.07) is 12.8. The molecule has 138 valence electrons. The summed E-state index contributed by atoms with van der Waals surface area (Å²) in [5.41, 5.74) is 3.18. The Morgan fingerprint density at radius 3 is 2.78 bits per heavy atom. The fraction of sp³-hybridized carbons (Fsp3) is 0.250. The minimum atomic E-state index is -0.390. The predicted molar refractivity (Wildman–Crippen MR) is 103 cm³/mol. The van der Waals surface area contributed by atoms with Gasteiger partial charge in [-0.3, -0.25) is 9.59 Å². The van der Waals surface area contributed by atoms with Gasteiger partial charge in [0.05, 0.1) is 24.1 Å². The van der Waals surface area contributed by atoms with Gasteiger partial charge in [-0.05, 0) is 49.4 Å². The number of imidazole rings is 1. The highest BCUT2D eigenvalue weighted by Crippen LogP contribution is 2.28. The van der Waals surface area contributed by atoms with Crippen LogP contribution in [0.1, 0.15) is 12.2 Å². The van der Waals surface area contributed by atoms with Crippen molar-refractivity contribution in [2.45, 2.75) is 13.3 Å². The second-order valence-electron chi connectivity index (χ2n) is 6.65. The summed E-state index contributed by atoms with van der Waals surface area (Å²) in [5, 5.41) is 2.91. The van der Waals surface area contributed by atoms with Crippen molar-refractivity contribution in [2.75, 3.05) is 23.9 Å². The molecule has 1 aliphatic heterocycles. The van der Waals surface area contributed by atoms with Crippen LogP contribution in [-0.2, 0) is 9.59 Å². The van der Waals surface area contributed by atoms with E-state index in [-0.39, 0.29) is 24.2 Å². The summed E-state index contributed by atoms with van der Waals surface area (Å²) in [4.78, 5) is 34.2. The van der Waals surface area contributed by atoms with Crippen molar-refractivity contribution < 1.29 is 14.3 Å².